The molecule has 0 aromatic heterocycles. The summed E-state index contributed by atoms with van der Waals surface area (Å²) in [6.07, 6.45) is 8.56. The Kier molecular flexibility index (Phi) is 5.24. The van der Waals surface area contributed by atoms with E-state index in [1.54, 1.807) is 0 Å². The first-order valence-corrected chi connectivity index (χ1v) is 8.09. The third-order valence-electron chi connectivity index (χ3n) is 5.02. The van der Waals surface area contributed by atoms with Crippen molar-refractivity contribution in [1.82, 2.24) is 10.2 Å². The largest absolute Gasteiger partial charge is 0.300 e. The lowest BCUT2D eigenvalue weighted by atomic mass is 9.79. The van der Waals surface area contributed by atoms with Crippen LogP contribution in [-0.2, 0) is 0 Å². The summed E-state index contributed by atoms with van der Waals surface area (Å²) < 4.78 is 0. The third kappa shape index (κ3) is 3.70. The smallest absolute Gasteiger partial charge is 0.108 e. The summed E-state index contributed by atoms with van der Waals surface area (Å²) in [5.41, 5.74) is -0.254. The van der Waals surface area contributed by atoms with Crippen molar-refractivity contribution in [3.05, 3.63) is 0 Å². The summed E-state index contributed by atoms with van der Waals surface area (Å²) >= 11 is 0. The minimum atomic E-state index is -0.254. The maximum absolute atomic E-state index is 9.56. The molecule has 0 aromatic carbocycles. The quantitative estimate of drug-likeness (QED) is 0.851. The molecular formula is C16H29N3. The molecule has 19 heavy (non-hydrogen) atoms. The number of nitriles is 1. The first-order valence-electron chi connectivity index (χ1n) is 8.09. The molecule has 2 rings (SSSR count). The second-order valence-electron chi connectivity index (χ2n) is 6.55. The monoisotopic (exact) mass is 263 g/mol. The van der Waals surface area contributed by atoms with E-state index in [1.165, 1.54) is 45.2 Å². The third-order valence-corrected chi connectivity index (χ3v) is 5.02. The van der Waals surface area contributed by atoms with Crippen LogP contribution in [-0.4, -0.2) is 36.1 Å². The van der Waals surface area contributed by atoms with E-state index in [0.717, 1.165) is 25.3 Å². The first kappa shape index (κ1) is 14.8. The van der Waals surface area contributed by atoms with Gasteiger partial charge in [0.1, 0.15) is 5.54 Å². The standard InChI is InChI=1S/C16H29N3/c1-3-18-16(13-17)9-4-7-15(12-16)19-10-5-6-14(2)8-11-19/h14-15,18H,3-12H2,1-2H3. The van der Waals surface area contributed by atoms with Crippen molar-refractivity contribution in [2.24, 2.45) is 5.92 Å². The van der Waals surface area contributed by atoms with Crippen LogP contribution in [0.25, 0.3) is 0 Å². The van der Waals surface area contributed by atoms with Crippen LogP contribution in [0, 0.1) is 17.2 Å². The van der Waals surface area contributed by atoms with E-state index < -0.39 is 0 Å². The Morgan fingerprint density at radius 2 is 2.11 bits per heavy atom. The predicted octanol–water partition coefficient (Wildman–Crippen LogP) is 2.92. The molecule has 0 aromatic rings. The fourth-order valence-electron chi connectivity index (χ4n) is 3.85. The zero-order valence-electron chi connectivity index (χ0n) is 12.6. The SMILES string of the molecule is CCNC1(C#N)CCCC(N2CCCC(C)CC2)C1. The molecule has 3 heteroatoms. The van der Waals surface area contributed by atoms with E-state index >= 15 is 0 Å². The highest BCUT2D eigenvalue weighted by Gasteiger charge is 2.38. The predicted molar refractivity (Wildman–Crippen MR) is 78.9 cm³/mol. The zero-order valence-corrected chi connectivity index (χ0v) is 12.6. The van der Waals surface area contributed by atoms with Crippen LogP contribution in [0.5, 0.6) is 0 Å². The van der Waals surface area contributed by atoms with Crippen LogP contribution in [0.2, 0.25) is 0 Å². The van der Waals surface area contributed by atoms with Gasteiger partial charge in [-0.25, -0.2) is 0 Å². The molecule has 1 saturated heterocycles. The van der Waals surface area contributed by atoms with Gasteiger partial charge in [0.25, 0.3) is 0 Å². The number of rotatable bonds is 3. The molecule has 3 nitrogen and oxygen atoms in total. The van der Waals surface area contributed by atoms with Crippen molar-refractivity contribution < 1.29 is 0 Å². The second kappa shape index (κ2) is 6.72. The van der Waals surface area contributed by atoms with Gasteiger partial charge in [-0.05, 0) is 70.5 Å². The summed E-state index contributed by atoms with van der Waals surface area (Å²) in [4.78, 5) is 2.67. The van der Waals surface area contributed by atoms with Gasteiger partial charge in [-0.1, -0.05) is 13.8 Å². The van der Waals surface area contributed by atoms with E-state index in [4.69, 9.17) is 0 Å². The first-order chi connectivity index (χ1) is 9.19. The van der Waals surface area contributed by atoms with E-state index in [9.17, 15) is 5.26 Å². The zero-order chi connectivity index (χ0) is 13.7. The van der Waals surface area contributed by atoms with E-state index in [0.29, 0.717) is 6.04 Å². The molecule has 1 aliphatic heterocycles. The van der Waals surface area contributed by atoms with Crippen molar-refractivity contribution in [2.75, 3.05) is 19.6 Å². The average Bonchev–Trinajstić information content (AvgIpc) is 2.64. The molecule has 1 N–H and O–H groups in total. The molecule has 108 valence electrons. The number of hydrogen-bond acceptors (Lipinski definition) is 3. The van der Waals surface area contributed by atoms with Gasteiger partial charge in [0.05, 0.1) is 6.07 Å². The van der Waals surface area contributed by atoms with Crippen LogP contribution in [0.4, 0.5) is 0 Å². The lowest BCUT2D eigenvalue weighted by Gasteiger charge is -2.41. The van der Waals surface area contributed by atoms with Crippen LogP contribution in [0.1, 0.15) is 58.8 Å². The van der Waals surface area contributed by atoms with Crippen molar-refractivity contribution in [1.29, 1.82) is 5.26 Å². The minimum absolute atomic E-state index is 0.254. The Bertz CT molecular complexity index is 318. The van der Waals surface area contributed by atoms with Gasteiger partial charge in [-0.3, -0.25) is 5.32 Å². The molecule has 0 radical (unpaired) electrons. The summed E-state index contributed by atoms with van der Waals surface area (Å²) in [5.74, 6) is 0.878. The minimum Gasteiger partial charge on any atom is -0.300 e. The Morgan fingerprint density at radius 3 is 2.84 bits per heavy atom. The fourth-order valence-corrected chi connectivity index (χ4v) is 3.85. The molecule has 0 amide bonds. The molecule has 3 unspecified atom stereocenters. The Morgan fingerprint density at radius 1 is 1.26 bits per heavy atom. The lowest BCUT2D eigenvalue weighted by Crippen LogP contribution is -2.53. The van der Waals surface area contributed by atoms with Crippen LogP contribution in [0.15, 0.2) is 0 Å². The highest BCUT2D eigenvalue weighted by atomic mass is 15.2. The molecule has 0 bridgehead atoms. The van der Waals surface area contributed by atoms with Gasteiger partial charge in [-0.2, -0.15) is 5.26 Å². The molecule has 2 fully saturated rings. The topological polar surface area (TPSA) is 39.1 Å². The van der Waals surface area contributed by atoms with E-state index in [2.05, 4.69) is 30.1 Å². The van der Waals surface area contributed by atoms with Crippen molar-refractivity contribution in [3.8, 4) is 6.07 Å². The van der Waals surface area contributed by atoms with Crippen LogP contribution < -0.4 is 5.32 Å². The Hall–Kier alpha value is -0.590. The maximum Gasteiger partial charge on any atom is 0.108 e. The lowest BCUT2D eigenvalue weighted by molar-refractivity contribution is 0.123. The summed E-state index contributed by atoms with van der Waals surface area (Å²) in [5, 5.41) is 13.0. The molecular weight excluding hydrogens is 234 g/mol. The van der Waals surface area contributed by atoms with Crippen molar-refractivity contribution in [2.45, 2.75) is 70.4 Å². The highest BCUT2D eigenvalue weighted by Crippen LogP contribution is 2.32. The molecule has 1 heterocycles. The normalized spacial score (nSPS) is 37.5. The van der Waals surface area contributed by atoms with Gasteiger partial charge >= 0.3 is 0 Å². The van der Waals surface area contributed by atoms with Crippen molar-refractivity contribution >= 4 is 0 Å². The van der Waals surface area contributed by atoms with Crippen LogP contribution in [0.3, 0.4) is 0 Å². The number of nitrogens with zero attached hydrogens (tertiary/aromatic N) is 2. The summed E-state index contributed by atoms with van der Waals surface area (Å²) in [7, 11) is 0. The van der Waals surface area contributed by atoms with E-state index in [1.807, 2.05) is 0 Å². The summed E-state index contributed by atoms with van der Waals surface area (Å²) in [6, 6.07) is 3.20. The molecule has 0 spiro atoms. The molecule has 1 saturated carbocycles. The molecule has 3 atom stereocenters. The molecule has 2 aliphatic rings. The van der Waals surface area contributed by atoms with Gasteiger partial charge in [0.2, 0.25) is 0 Å². The second-order valence-corrected chi connectivity index (χ2v) is 6.55. The maximum atomic E-state index is 9.56. The average molecular weight is 263 g/mol. The number of hydrogen-bond donors (Lipinski definition) is 1. The summed E-state index contributed by atoms with van der Waals surface area (Å²) in [6.45, 7) is 7.86. The Labute approximate surface area is 118 Å². The number of likely N-dealkylation sites (tertiary alicyclic amines) is 1. The fraction of sp³-hybridized carbons (Fsp3) is 0.938. The Balaban J connectivity index is 1.98. The highest BCUT2D eigenvalue weighted by molar-refractivity contribution is 5.11. The van der Waals surface area contributed by atoms with Gasteiger partial charge < -0.3 is 4.90 Å². The van der Waals surface area contributed by atoms with Crippen LogP contribution >= 0.6 is 0 Å². The van der Waals surface area contributed by atoms with Gasteiger partial charge in [0, 0.05) is 6.04 Å². The molecule has 1 aliphatic carbocycles. The van der Waals surface area contributed by atoms with Gasteiger partial charge in [0.15, 0.2) is 0 Å². The van der Waals surface area contributed by atoms with Gasteiger partial charge in [-0.15, -0.1) is 0 Å². The van der Waals surface area contributed by atoms with E-state index in [-0.39, 0.29) is 5.54 Å². The number of nitrogens with one attached hydrogen (secondary N) is 1. The van der Waals surface area contributed by atoms with Crippen molar-refractivity contribution in [3.63, 3.8) is 0 Å².